The summed E-state index contributed by atoms with van der Waals surface area (Å²) in [6, 6.07) is 13.5. The van der Waals surface area contributed by atoms with Crippen molar-refractivity contribution < 1.29 is 9.59 Å². The first-order valence-corrected chi connectivity index (χ1v) is 8.92. The third-order valence-corrected chi connectivity index (χ3v) is 4.73. The van der Waals surface area contributed by atoms with E-state index in [0.717, 1.165) is 22.4 Å². The van der Waals surface area contributed by atoms with Crippen LogP contribution in [0, 0.1) is 0 Å². The van der Waals surface area contributed by atoms with Gasteiger partial charge in [-0.2, -0.15) is 0 Å². The summed E-state index contributed by atoms with van der Waals surface area (Å²) in [6.07, 6.45) is 6.57. The normalized spacial score (nSPS) is 13.0. The highest BCUT2D eigenvalue weighted by Crippen LogP contribution is 2.23. The summed E-state index contributed by atoms with van der Waals surface area (Å²) >= 11 is 0. The zero-order valence-corrected chi connectivity index (χ0v) is 14.8. The number of fused-ring (bicyclic) bond motifs is 1. The van der Waals surface area contributed by atoms with Gasteiger partial charge in [-0.15, -0.1) is 0 Å². The fourth-order valence-electron chi connectivity index (χ4n) is 3.26. The molecular weight excluding hydrogens is 340 g/mol. The Bertz CT molecular complexity index is 980. The molecule has 136 valence electrons. The van der Waals surface area contributed by atoms with Crippen LogP contribution < -0.4 is 10.6 Å². The Morgan fingerprint density at radius 3 is 2.81 bits per heavy atom. The molecule has 2 aromatic carbocycles. The first-order chi connectivity index (χ1) is 13.2. The summed E-state index contributed by atoms with van der Waals surface area (Å²) in [4.78, 5) is 28.1. The molecule has 2 heterocycles. The van der Waals surface area contributed by atoms with Crippen LogP contribution in [0.5, 0.6) is 0 Å². The second-order valence-electron chi connectivity index (χ2n) is 6.61. The molecule has 4 rings (SSSR count). The number of nitrogens with zero attached hydrogens (tertiary/aromatic N) is 2. The van der Waals surface area contributed by atoms with Gasteiger partial charge in [-0.25, -0.2) is 4.98 Å². The minimum Gasteiger partial charge on any atom is -0.348 e. The van der Waals surface area contributed by atoms with Crippen molar-refractivity contribution in [2.45, 2.75) is 25.9 Å². The van der Waals surface area contributed by atoms with Gasteiger partial charge in [0.25, 0.3) is 5.91 Å². The number of benzene rings is 2. The molecule has 6 heteroatoms. The van der Waals surface area contributed by atoms with Crippen molar-refractivity contribution in [2.75, 3.05) is 5.32 Å². The number of hydrogen-bond acceptors (Lipinski definition) is 3. The van der Waals surface area contributed by atoms with Crippen molar-refractivity contribution in [3.05, 3.63) is 83.4 Å². The second kappa shape index (κ2) is 7.45. The number of anilines is 1. The van der Waals surface area contributed by atoms with Gasteiger partial charge in [-0.3, -0.25) is 9.59 Å². The van der Waals surface area contributed by atoms with E-state index in [1.54, 1.807) is 24.7 Å². The van der Waals surface area contributed by atoms with Crippen molar-refractivity contribution >= 4 is 17.5 Å². The predicted octanol–water partition coefficient (Wildman–Crippen LogP) is 2.75. The highest BCUT2D eigenvalue weighted by Gasteiger charge is 2.16. The Morgan fingerprint density at radius 2 is 2.00 bits per heavy atom. The average molecular weight is 360 g/mol. The van der Waals surface area contributed by atoms with Crippen molar-refractivity contribution in [3.63, 3.8) is 0 Å². The number of aryl methyl sites for hydroxylation is 1. The van der Waals surface area contributed by atoms with Crippen molar-refractivity contribution in [2.24, 2.45) is 0 Å². The van der Waals surface area contributed by atoms with E-state index >= 15 is 0 Å². The lowest BCUT2D eigenvalue weighted by Crippen LogP contribution is -2.25. The molecule has 0 aliphatic carbocycles. The lowest BCUT2D eigenvalue weighted by molar-refractivity contribution is -0.116. The van der Waals surface area contributed by atoms with E-state index in [4.69, 9.17) is 0 Å². The Morgan fingerprint density at radius 1 is 1.15 bits per heavy atom. The standard InChI is InChI=1S/C21H20N4O2/c26-20-8-6-15-11-16(5-7-19(15)24-20)21(27)23-12-17-3-1-2-4-18(17)13-25-10-9-22-14-25/h1-5,7,9-11,14H,6,8,12-13H2,(H,23,27)(H,24,26). The van der Waals surface area contributed by atoms with Crippen molar-refractivity contribution in [3.8, 4) is 0 Å². The molecule has 0 saturated heterocycles. The zero-order chi connectivity index (χ0) is 18.6. The van der Waals surface area contributed by atoms with Crippen molar-refractivity contribution in [1.82, 2.24) is 14.9 Å². The number of carbonyl (C=O) groups excluding carboxylic acids is 2. The fourth-order valence-corrected chi connectivity index (χ4v) is 3.26. The number of nitrogens with one attached hydrogen (secondary N) is 2. The summed E-state index contributed by atoms with van der Waals surface area (Å²) in [5.41, 5.74) is 4.63. The lowest BCUT2D eigenvalue weighted by Gasteiger charge is -2.17. The number of amides is 2. The van der Waals surface area contributed by atoms with Gasteiger partial charge < -0.3 is 15.2 Å². The largest absolute Gasteiger partial charge is 0.348 e. The first-order valence-electron chi connectivity index (χ1n) is 8.92. The Kier molecular flexibility index (Phi) is 4.70. The van der Waals surface area contributed by atoms with Gasteiger partial charge in [0.05, 0.1) is 6.33 Å². The summed E-state index contributed by atoms with van der Waals surface area (Å²) in [5.74, 6) is -0.0960. The molecule has 0 fully saturated rings. The molecule has 0 spiro atoms. The van der Waals surface area contributed by atoms with E-state index < -0.39 is 0 Å². The molecule has 1 aliphatic heterocycles. The number of aromatic nitrogens is 2. The van der Waals surface area contributed by atoms with Crippen molar-refractivity contribution in [1.29, 1.82) is 0 Å². The molecular formula is C21H20N4O2. The van der Waals surface area contributed by atoms with Crippen LogP contribution in [0.15, 0.2) is 61.2 Å². The number of imidazole rings is 1. The fraction of sp³-hybridized carbons (Fsp3) is 0.190. The third kappa shape index (κ3) is 3.89. The maximum Gasteiger partial charge on any atom is 0.251 e. The molecule has 6 nitrogen and oxygen atoms in total. The SMILES string of the molecule is O=C1CCc2cc(C(=O)NCc3ccccc3Cn3ccnc3)ccc2N1. The van der Waals surface area contributed by atoms with Gasteiger partial charge in [0.2, 0.25) is 5.91 Å². The first kappa shape index (κ1) is 17.0. The number of rotatable bonds is 5. The van der Waals surface area contributed by atoms with Crippen LogP contribution in [0.2, 0.25) is 0 Å². The molecule has 0 bridgehead atoms. The molecule has 0 unspecified atom stereocenters. The molecule has 1 aromatic heterocycles. The Labute approximate surface area is 157 Å². The summed E-state index contributed by atoms with van der Waals surface area (Å²) < 4.78 is 2.00. The molecule has 27 heavy (non-hydrogen) atoms. The van der Waals surface area contributed by atoms with E-state index in [1.165, 1.54) is 0 Å². The molecule has 1 aliphatic rings. The Balaban J connectivity index is 1.45. The lowest BCUT2D eigenvalue weighted by atomic mass is 10.00. The molecule has 0 radical (unpaired) electrons. The molecule has 2 N–H and O–H groups in total. The zero-order valence-electron chi connectivity index (χ0n) is 14.8. The van der Waals surface area contributed by atoms with E-state index in [2.05, 4.69) is 21.7 Å². The number of hydrogen-bond donors (Lipinski definition) is 2. The van der Waals surface area contributed by atoms with E-state index in [0.29, 0.717) is 31.5 Å². The van der Waals surface area contributed by atoms with Gasteiger partial charge in [0.15, 0.2) is 0 Å². The van der Waals surface area contributed by atoms with Crippen LogP contribution in [0.1, 0.15) is 33.5 Å². The van der Waals surface area contributed by atoms with Gasteiger partial charge in [0, 0.05) is 43.2 Å². The van der Waals surface area contributed by atoms with Crippen LogP contribution in [-0.2, 0) is 24.3 Å². The van der Waals surface area contributed by atoms with Gasteiger partial charge in [-0.05, 0) is 41.3 Å². The molecule has 0 saturated carbocycles. The van der Waals surface area contributed by atoms with Crippen LogP contribution in [0.25, 0.3) is 0 Å². The summed E-state index contributed by atoms with van der Waals surface area (Å²) in [5, 5.41) is 5.83. The summed E-state index contributed by atoms with van der Waals surface area (Å²) in [7, 11) is 0. The van der Waals surface area contributed by atoms with Gasteiger partial charge in [-0.1, -0.05) is 24.3 Å². The smallest absolute Gasteiger partial charge is 0.251 e. The second-order valence-corrected chi connectivity index (χ2v) is 6.61. The van der Waals surface area contributed by atoms with E-state index in [1.807, 2.05) is 35.0 Å². The molecule has 0 atom stereocenters. The highest BCUT2D eigenvalue weighted by molar-refractivity contribution is 5.97. The average Bonchev–Trinajstić information content (AvgIpc) is 3.19. The van der Waals surface area contributed by atoms with Gasteiger partial charge in [0.1, 0.15) is 0 Å². The minimum absolute atomic E-state index is 0.0224. The minimum atomic E-state index is -0.118. The molecule has 2 amide bonds. The van der Waals surface area contributed by atoms with Crippen LogP contribution in [0.4, 0.5) is 5.69 Å². The predicted molar refractivity (Wildman–Crippen MR) is 102 cm³/mol. The maximum atomic E-state index is 12.6. The molecule has 3 aromatic rings. The van der Waals surface area contributed by atoms with E-state index in [-0.39, 0.29) is 11.8 Å². The highest BCUT2D eigenvalue weighted by atomic mass is 16.2. The monoisotopic (exact) mass is 360 g/mol. The maximum absolute atomic E-state index is 12.6. The van der Waals surface area contributed by atoms with E-state index in [9.17, 15) is 9.59 Å². The van der Waals surface area contributed by atoms with Crippen LogP contribution >= 0.6 is 0 Å². The van der Waals surface area contributed by atoms with Gasteiger partial charge >= 0.3 is 0 Å². The van der Waals surface area contributed by atoms with Crippen LogP contribution in [0.3, 0.4) is 0 Å². The topological polar surface area (TPSA) is 76.0 Å². The Hall–Kier alpha value is -3.41. The van der Waals surface area contributed by atoms with Crippen LogP contribution in [-0.4, -0.2) is 21.4 Å². The number of carbonyl (C=O) groups is 2. The summed E-state index contributed by atoms with van der Waals surface area (Å²) in [6.45, 7) is 1.17. The quantitative estimate of drug-likeness (QED) is 0.735. The third-order valence-electron chi connectivity index (χ3n) is 4.73.